The number of hydrogen-bond donors (Lipinski definition) is 1. The first-order chi connectivity index (χ1) is 11.5. The van der Waals surface area contributed by atoms with Crippen molar-refractivity contribution in [2.45, 2.75) is 38.5 Å². The van der Waals surface area contributed by atoms with Crippen molar-refractivity contribution in [3.8, 4) is 0 Å². The quantitative estimate of drug-likeness (QED) is 0.845. The number of benzene rings is 1. The van der Waals surface area contributed by atoms with Crippen LogP contribution in [-0.2, 0) is 7.05 Å². The minimum absolute atomic E-state index is 0.0804. The minimum atomic E-state index is -2.74. The van der Waals surface area contributed by atoms with Crippen LogP contribution in [0, 0.1) is 5.92 Å². The van der Waals surface area contributed by atoms with Gasteiger partial charge >= 0.3 is 0 Å². The molecule has 1 fully saturated rings. The summed E-state index contributed by atoms with van der Waals surface area (Å²) < 4.78 is 27.3. The molecule has 4 nitrogen and oxygen atoms in total. The predicted molar refractivity (Wildman–Crippen MR) is 88.3 cm³/mol. The summed E-state index contributed by atoms with van der Waals surface area (Å²) in [4.78, 5) is 12.5. The van der Waals surface area contributed by atoms with E-state index in [1.54, 1.807) is 0 Å². The number of halogens is 2. The molecule has 1 heterocycles. The Balaban J connectivity index is 1.81. The van der Waals surface area contributed by atoms with Crippen molar-refractivity contribution in [3.05, 3.63) is 47.3 Å². The lowest BCUT2D eigenvalue weighted by atomic mass is 10.0. The second kappa shape index (κ2) is 6.71. The van der Waals surface area contributed by atoms with Gasteiger partial charge in [-0.3, -0.25) is 9.48 Å². The number of para-hydroxylation sites is 1. The van der Waals surface area contributed by atoms with Crippen LogP contribution in [0.5, 0.6) is 0 Å². The Labute approximate surface area is 139 Å². The number of anilines is 1. The van der Waals surface area contributed by atoms with E-state index in [1.807, 2.05) is 24.3 Å². The predicted octanol–water partition coefficient (Wildman–Crippen LogP) is 4.51. The number of carbonyl (C=O) groups excluding carboxylic acids is 1. The third-order valence-corrected chi connectivity index (χ3v) is 4.63. The third-order valence-electron chi connectivity index (χ3n) is 4.63. The van der Waals surface area contributed by atoms with E-state index in [-0.39, 0.29) is 11.3 Å². The Morgan fingerprint density at radius 3 is 2.88 bits per heavy atom. The summed E-state index contributed by atoms with van der Waals surface area (Å²) >= 11 is 0. The average molecular weight is 333 g/mol. The van der Waals surface area contributed by atoms with Gasteiger partial charge in [-0.25, -0.2) is 8.78 Å². The first kappa shape index (κ1) is 16.6. The SMILES string of the molecule is CCCC1CC1c1ccccc1NC(=O)c1cnn(C)c1C(F)F. The Hall–Kier alpha value is -2.24. The zero-order valence-corrected chi connectivity index (χ0v) is 13.8. The molecule has 0 saturated heterocycles. The maximum atomic E-state index is 13.1. The molecule has 1 amide bonds. The maximum Gasteiger partial charge on any atom is 0.280 e. The molecule has 1 aromatic heterocycles. The number of aryl methyl sites for hydroxylation is 1. The van der Waals surface area contributed by atoms with Crippen LogP contribution in [0.4, 0.5) is 14.5 Å². The topological polar surface area (TPSA) is 46.9 Å². The number of aromatic nitrogens is 2. The number of nitrogens with one attached hydrogen (secondary N) is 1. The molecule has 2 unspecified atom stereocenters. The molecule has 3 rings (SSSR count). The van der Waals surface area contributed by atoms with Gasteiger partial charge in [0.2, 0.25) is 0 Å². The molecule has 6 heteroatoms. The standard InChI is InChI=1S/C18H21F2N3O/c1-3-6-11-9-13(11)12-7-4-5-8-15(12)22-18(24)14-10-21-23(2)16(14)17(19)20/h4-5,7-8,10-11,13,17H,3,6,9H2,1-2H3,(H,22,24). The van der Waals surface area contributed by atoms with E-state index in [0.717, 1.165) is 23.1 Å². The molecule has 0 bridgehead atoms. The van der Waals surface area contributed by atoms with Crippen molar-refractivity contribution in [1.29, 1.82) is 0 Å². The van der Waals surface area contributed by atoms with Gasteiger partial charge in [0.05, 0.1) is 11.8 Å². The van der Waals surface area contributed by atoms with Gasteiger partial charge in [-0.1, -0.05) is 38.0 Å². The molecular formula is C18H21F2N3O. The number of hydrogen-bond acceptors (Lipinski definition) is 2. The smallest absolute Gasteiger partial charge is 0.280 e. The van der Waals surface area contributed by atoms with Crippen LogP contribution in [0.1, 0.15) is 60.1 Å². The van der Waals surface area contributed by atoms with E-state index in [1.165, 1.54) is 19.7 Å². The van der Waals surface area contributed by atoms with E-state index in [4.69, 9.17) is 0 Å². The molecule has 1 aliphatic rings. The largest absolute Gasteiger partial charge is 0.322 e. The number of alkyl halides is 2. The van der Waals surface area contributed by atoms with Gasteiger partial charge in [0.25, 0.3) is 12.3 Å². The van der Waals surface area contributed by atoms with Gasteiger partial charge in [-0.2, -0.15) is 5.10 Å². The highest BCUT2D eigenvalue weighted by atomic mass is 19.3. The fraction of sp³-hybridized carbons (Fsp3) is 0.444. The maximum absolute atomic E-state index is 13.1. The molecular weight excluding hydrogens is 312 g/mol. The Morgan fingerprint density at radius 2 is 2.17 bits per heavy atom. The highest BCUT2D eigenvalue weighted by Crippen LogP contribution is 2.52. The lowest BCUT2D eigenvalue weighted by molar-refractivity contribution is 0.100. The molecule has 1 N–H and O–H groups in total. The van der Waals surface area contributed by atoms with Gasteiger partial charge in [0, 0.05) is 12.7 Å². The normalized spacial score (nSPS) is 19.5. The lowest BCUT2D eigenvalue weighted by Crippen LogP contribution is -2.15. The first-order valence-corrected chi connectivity index (χ1v) is 8.23. The van der Waals surface area contributed by atoms with E-state index in [2.05, 4.69) is 17.3 Å². The second-order valence-corrected chi connectivity index (χ2v) is 6.30. The molecule has 0 aliphatic heterocycles. The van der Waals surface area contributed by atoms with Crippen molar-refractivity contribution in [2.75, 3.05) is 5.32 Å². The van der Waals surface area contributed by atoms with Crippen LogP contribution >= 0.6 is 0 Å². The van der Waals surface area contributed by atoms with Crippen LogP contribution in [-0.4, -0.2) is 15.7 Å². The van der Waals surface area contributed by atoms with Gasteiger partial charge in [-0.05, 0) is 29.9 Å². The number of nitrogens with zero attached hydrogens (tertiary/aromatic N) is 2. The zero-order chi connectivity index (χ0) is 17.3. The lowest BCUT2D eigenvalue weighted by Gasteiger charge is -2.11. The van der Waals surface area contributed by atoms with E-state index < -0.39 is 12.3 Å². The van der Waals surface area contributed by atoms with Crippen LogP contribution in [0.2, 0.25) is 0 Å². The van der Waals surface area contributed by atoms with Gasteiger partial charge in [0.1, 0.15) is 5.69 Å². The van der Waals surface area contributed by atoms with Crippen molar-refractivity contribution in [2.24, 2.45) is 13.0 Å². The van der Waals surface area contributed by atoms with E-state index >= 15 is 0 Å². The van der Waals surface area contributed by atoms with Crippen molar-refractivity contribution in [1.82, 2.24) is 9.78 Å². The van der Waals surface area contributed by atoms with Crippen LogP contribution in [0.15, 0.2) is 30.5 Å². The van der Waals surface area contributed by atoms with Crippen molar-refractivity contribution < 1.29 is 13.6 Å². The summed E-state index contributed by atoms with van der Waals surface area (Å²) in [7, 11) is 1.41. The molecule has 0 spiro atoms. The Morgan fingerprint density at radius 1 is 1.42 bits per heavy atom. The molecule has 2 aromatic rings. The molecule has 1 aromatic carbocycles. The van der Waals surface area contributed by atoms with Crippen LogP contribution in [0.25, 0.3) is 0 Å². The summed E-state index contributed by atoms with van der Waals surface area (Å²) in [5.74, 6) is 0.562. The van der Waals surface area contributed by atoms with Crippen molar-refractivity contribution >= 4 is 11.6 Å². The number of rotatable bonds is 6. The van der Waals surface area contributed by atoms with Gasteiger partial charge in [-0.15, -0.1) is 0 Å². The number of carbonyl (C=O) groups is 1. The molecule has 24 heavy (non-hydrogen) atoms. The van der Waals surface area contributed by atoms with Crippen molar-refractivity contribution in [3.63, 3.8) is 0 Å². The molecule has 0 radical (unpaired) electrons. The van der Waals surface area contributed by atoms with E-state index in [9.17, 15) is 13.6 Å². The third kappa shape index (κ3) is 3.18. The highest BCUT2D eigenvalue weighted by Gasteiger charge is 2.38. The molecule has 1 aliphatic carbocycles. The molecule has 128 valence electrons. The second-order valence-electron chi connectivity index (χ2n) is 6.30. The monoisotopic (exact) mass is 333 g/mol. The summed E-state index contributed by atoms with van der Waals surface area (Å²) in [5, 5.41) is 6.58. The summed E-state index contributed by atoms with van der Waals surface area (Å²) in [6.45, 7) is 2.16. The zero-order valence-electron chi connectivity index (χ0n) is 13.8. The average Bonchev–Trinajstić information content (AvgIpc) is 3.19. The Bertz CT molecular complexity index is 742. The molecule has 1 saturated carbocycles. The fourth-order valence-corrected chi connectivity index (χ4v) is 3.32. The van der Waals surface area contributed by atoms with Crippen LogP contribution < -0.4 is 5.32 Å². The number of amides is 1. The summed E-state index contributed by atoms with van der Waals surface area (Å²) in [5.41, 5.74) is 1.35. The Kier molecular flexibility index (Phi) is 4.64. The van der Waals surface area contributed by atoms with Crippen LogP contribution in [0.3, 0.4) is 0 Å². The summed E-state index contributed by atoms with van der Waals surface area (Å²) in [6.07, 6.45) is 1.88. The summed E-state index contributed by atoms with van der Waals surface area (Å²) in [6, 6.07) is 7.62. The molecule has 2 atom stereocenters. The van der Waals surface area contributed by atoms with Gasteiger partial charge < -0.3 is 5.32 Å². The first-order valence-electron chi connectivity index (χ1n) is 8.23. The fourth-order valence-electron chi connectivity index (χ4n) is 3.32. The van der Waals surface area contributed by atoms with E-state index in [0.29, 0.717) is 17.5 Å². The van der Waals surface area contributed by atoms with Gasteiger partial charge in [0.15, 0.2) is 0 Å². The minimum Gasteiger partial charge on any atom is -0.322 e. The highest BCUT2D eigenvalue weighted by molar-refractivity contribution is 6.05.